The molecule has 0 saturated heterocycles. The summed E-state index contributed by atoms with van der Waals surface area (Å²) in [5, 5.41) is 3.53. The van der Waals surface area contributed by atoms with Gasteiger partial charge in [0.1, 0.15) is 5.75 Å². The Bertz CT molecular complexity index is 557. The van der Waals surface area contributed by atoms with Gasteiger partial charge in [-0.1, -0.05) is 12.1 Å². The van der Waals surface area contributed by atoms with E-state index in [1.165, 1.54) is 5.56 Å². The number of benzene rings is 1. The van der Waals surface area contributed by atoms with Crippen molar-refractivity contribution in [2.45, 2.75) is 45.9 Å². The van der Waals surface area contributed by atoms with Crippen molar-refractivity contribution < 1.29 is 4.74 Å². The molecule has 2 atom stereocenters. The fourth-order valence-corrected chi connectivity index (χ4v) is 2.22. The molecule has 1 aromatic heterocycles. The minimum atomic E-state index is 0.142. The summed E-state index contributed by atoms with van der Waals surface area (Å²) in [6, 6.07) is 8.55. The zero-order valence-electron chi connectivity index (χ0n) is 13.1. The van der Waals surface area contributed by atoms with Crippen molar-refractivity contribution in [2.75, 3.05) is 0 Å². The Morgan fingerprint density at radius 2 is 1.86 bits per heavy atom. The summed E-state index contributed by atoms with van der Waals surface area (Å²) in [6.07, 6.45) is 5.38. The van der Waals surface area contributed by atoms with Crippen molar-refractivity contribution in [2.24, 2.45) is 0 Å². The van der Waals surface area contributed by atoms with Gasteiger partial charge in [-0.2, -0.15) is 0 Å². The minimum absolute atomic E-state index is 0.142. The van der Waals surface area contributed by atoms with Crippen LogP contribution < -0.4 is 10.1 Å². The van der Waals surface area contributed by atoms with E-state index in [-0.39, 0.29) is 18.2 Å². The van der Waals surface area contributed by atoms with Gasteiger partial charge in [0.05, 0.1) is 11.8 Å². The zero-order valence-corrected chi connectivity index (χ0v) is 13.1. The van der Waals surface area contributed by atoms with Crippen LogP contribution in [0.2, 0.25) is 0 Å². The van der Waals surface area contributed by atoms with E-state index in [0.29, 0.717) is 0 Å². The Hall–Kier alpha value is -1.94. The van der Waals surface area contributed by atoms with Gasteiger partial charge in [-0.05, 0) is 45.4 Å². The number of hydrogen-bond donors (Lipinski definition) is 1. The van der Waals surface area contributed by atoms with Gasteiger partial charge in [0, 0.05) is 30.7 Å². The van der Waals surface area contributed by atoms with Crippen LogP contribution in [0.15, 0.2) is 42.9 Å². The molecule has 1 aromatic carbocycles. The molecule has 112 valence electrons. The maximum Gasteiger partial charge on any atom is 0.120 e. The van der Waals surface area contributed by atoms with Crippen molar-refractivity contribution >= 4 is 0 Å². The van der Waals surface area contributed by atoms with Gasteiger partial charge in [0.15, 0.2) is 0 Å². The molecule has 21 heavy (non-hydrogen) atoms. The third kappa shape index (κ3) is 4.53. The Kier molecular flexibility index (Phi) is 5.28. The lowest BCUT2D eigenvalue weighted by molar-refractivity contribution is 0.242. The number of ether oxygens (including phenoxy) is 1. The minimum Gasteiger partial charge on any atom is -0.491 e. The quantitative estimate of drug-likeness (QED) is 0.879. The van der Waals surface area contributed by atoms with Gasteiger partial charge in [0.25, 0.3) is 0 Å². The first kappa shape index (κ1) is 15.4. The van der Waals surface area contributed by atoms with Crippen LogP contribution in [-0.4, -0.2) is 16.1 Å². The molecule has 0 aliphatic carbocycles. The molecule has 0 radical (unpaired) electrons. The van der Waals surface area contributed by atoms with Crippen molar-refractivity contribution in [3.63, 3.8) is 0 Å². The predicted octanol–water partition coefficient (Wildman–Crippen LogP) is 3.68. The Labute approximate surface area is 126 Å². The van der Waals surface area contributed by atoms with E-state index in [1.807, 2.05) is 26.0 Å². The van der Waals surface area contributed by atoms with E-state index in [1.54, 1.807) is 18.6 Å². The summed E-state index contributed by atoms with van der Waals surface area (Å²) in [5.41, 5.74) is 2.14. The first-order valence-corrected chi connectivity index (χ1v) is 7.35. The average Bonchev–Trinajstić information content (AvgIpc) is 2.47. The fraction of sp³-hybridized carbons (Fsp3) is 0.412. The molecule has 4 heteroatoms. The SMILES string of the molecule is CC(C)Oc1cccc(C(C)NC(C)c2cnccn2)c1. The number of aromatic nitrogens is 2. The number of hydrogen-bond acceptors (Lipinski definition) is 4. The van der Waals surface area contributed by atoms with Crippen LogP contribution >= 0.6 is 0 Å². The van der Waals surface area contributed by atoms with Gasteiger partial charge in [-0.3, -0.25) is 9.97 Å². The van der Waals surface area contributed by atoms with E-state index < -0.39 is 0 Å². The van der Waals surface area contributed by atoms with Crippen LogP contribution in [-0.2, 0) is 0 Å². The first-order chi connectivity index (χ1) is 10.1. The van der Waals surface area contributed by atoms with Crippen LogP contribution in [0.3, 0.4) is 0 Å². The van der Waals surface area contributed by atoms with Crippen molar-refractivity contribution in [1.29, 1.82) is 0 Å². The highest BCUT2D eigenvalue weighted by atomic mass is 16.5. The second-order valence-corrected chi connectivity index (χ2v) is 5.48. The summed E-state index contributed by atoms with van der Waals surface area (Å²) in [6.45, 7) is 8.30. The maximum absolute atomic E-state index is 5.74. The summed E-state index contributed by atoms with van der Waals surface area (Å²) in [5.74, 6) is 0.906. The van der Waals surface area contributed by atoms with E-state index in [9.17, 15) is 0 Å². The Morgan fingerprint density at radius 1 is 1.05 bits per heavy atom. The highest BCUT2D eigenvalue weighted by Crippen LogP contribution is 2.22. The highest BCUT2D eigenvalue weighted by molar-refractivity contribution is 5.30. The van der Waals surface area contributed by atoms with Crippen LogP contribution in [0.5, 0.6) is 5.75 Å². The van der Waals surface area contributed by atoms with E-state index in [4.69, 9.17) is 4.74 Å². The smallest absolute Gasteiger partial charge is 0.120 e. The molecule has 0 aliphatic rings. The van der Waals surface area contributed by atoms with Crippen molar-refractivity contribution in [3.05, 3.63) is 54.1 Å². The van der Waals surface area contributed by atoms with Crippen LogP contribution in [0.25, 0.3) is 0 Å². The molecular formula is C17H23N3O. The number of nitrogens with zero attached hydrogens (tertiary/aromatic N) is 2. The lowest BCUT2D eigenvalue weighted by Crippen LogP contribution is -2.23. The molecule has 0 fully saturated rings. The Balaban J connectivity index is 2.04. The summed E-state index contributed by atoms with van der Waals surface area (Å²) in [4.78, 5) is 8.44. The second kappa shape index (κ2) is 7.18. The zero-order chi connectivity index (χ0) is 15.2. The van der Waals surface area contributed by atoms with Gasteiger partial charge in [0.2, 0.25) is 0 Å². The average molecular weight is 285 g/mol. The van der Waals surface area contributed by atoms with E-state index in [0.717, 1.165) is 11.4 Å². The van der Waals surface area contributed by atoms with E-state index >= 15 is 0 Å². The summed E-state index contributed by atoms with van der Waals surface area (Å²) in [7, 11) is 0. The molecule has 0 aliphatic heterocycles. The van der Waals surface area contributed by atoms with Gasteiger partial charge < -0.3 is 10.1 Å². The van der Waals surface area contributed by atoms with Gasteiger partial charge >= 0.3 is 0 Å². The normalized spacial score (nSPS) is 14.0. The molecule has 1 heterocycles. The molecule has 2 rings (SSSR count). The molecule has 0 spiro atoms. The molecule has 2 aromatic rings. The van der Waals surface area contributed by atoms with Crippen molar-refractivity contribution in [3.8, 4) is 5.75 Å². The molecule has 2 unspecified atom stereocenters. The summed E-state index contributed by atoms with van der Waals surface area (Å²) < 4.78 is 5.74. The maximum atomic E-state index is 5.74. The lowest BCUT2D eigenvalue weighted by Gasteiger charge is -2.20. The molecule has 1 N–H and O–H groups in total. The monoisotopic (exact) mass is 285 g/mol. The largest absolute Gasteiger partial charge is 0.491 e. The highest BCUT2D eigenvalue weighted by Gasteiger charge is 2.13. The third-order valence-electron chi connectivity index (χ3n) is 3.26. The third-order valence-corrected chi connectivity index (χ3v) is 3.26. The predicted molar refractivity (Wildman–Crippen MR) is 84.2 cm³/mol. The van der Waals surface area contributed by atoms with Crippen LogP contribution in [0.1, 0.15) is 51.0 Å². The molecule has 4 nitrogen and oxygen atoms in total. The van der Waals surface area contributed by atoms with Gasteiger partial charge in [-0.15, -0.1) is 0 Å². The Morgan fingerprint density at radius 3 is 2.52 bits per heavy atom. The van der Waals surface area contributed by atoms with Crippen LogP contribution in [0.4, 0.5) is 0 Å². The lowest BCUT2D eigenvalue weighted by atomic mass is 10.1. The molecule has 0 amide bonds. The van der Waals surface area contributed by atoms with E-state index in [2.05, 4.69) is 41.3 Å². The number of nitrogens with one attached hydrogen (secondary N) is 1. The molecular weight excluding hydrogens is 262 g/mol. The molecule has 0 saturated carbocycles. The second-order valence-electron chi connectivity index (χ2n) is 5.48. The van der Waals surface area contributed by atoms with Crippen molar-refractivity contribution in [1.82, 2.24) is 15.3 Å². The van der Waals surface area contributed by atoms with Crippen LogP contribution in [0, 0.1) is 0 Å². The first-order valence-electron chi connectivity index (χ1n) is 7.35. The fourth-order valence-electron chi connectivity index (χ4n) is 2.22. The molecule has 0 bridgehead atoms. The number of rotatable bonds is 6. The summed E-state index contributed by atoms with van der Waals surface area (Å²) >= 11 is 0. The topological polar surface area (TPSA) is 47.0 Å². The van der Waals surface area contributed by atoms with Gasteiger partial charge in [-0.25, -0.2) is 0 Å². The standard InChI is InChI=1S/C17H23N3O/c1-12(2)21-16-7-5-6-15(10-16)13(3)20-14(4)17-11-18-8-9-19-17/h5-14,20H,1-4H3.